The molecule has 0 saturated carbocycles. The van der Waals surface area contributed by atoms with Crippen LogP contribution in [-0.4, -0.2) is 21.1 Å². The lowest BCUT2D eigenvalue weighted by atomic mass is 10.2. The van der Waals surface area contributed by atoms with Crippen molar-refractivity contribution in [2.24, 2.45) is 5.73 Å². The number of alkyl halides is 3. The Kier molecular flexibility index (Phi) is 4.71. The van der Waals surface area contributed by atoms with E-state index in [1.807, 2.05) is 4.72 Å². The first kappa shape index (κ1) is 15.7. The van der Waals surface area contributed by atoms with Crippen molar-refractivity contribution in [2.45, 2.75) is 12.7 Å². The maximum absolute atomic E-state index is 12.9. The van der Waals surface area contributed by atoms with Gasteiger partial charge in [0.15, 0.2) is 0 Å². The summed E-state index contributed by atoms with van der Waals surface area (Å²) in [5, 5.41) is 0. The molecule has 0 bridgehead atoms. The summed E-state index contributed by atoms with van der Waals surface area (Å²) in [5.74, 6) is -0.633. The number of halogens is 4. The van der Waals surface area contributed by atoms with Gasteiger partial charge in [-0.3, -0.25) is 4.72 Å². The molecule has 1 rings (SSSR count). The molecule has 4 N–H and O–H groups in total. The molecule has 0 saturated heterocycles. The van der Waals surface area contributed by atoms with E-state index in [4.69, 9.17) is 5.73 Å². The number of nitrogens with one attached hydrogen (secondary N) is 2. The Morgan fingerprint density at radius 1 is 1.26 bits per heavy atom. The predicted molar refractivity (Wildman–Crippen MR) is 60.9 cm³/mol. The molecule has 0 aliphatic carbocycles. The molecule has 108 valence electrons. The molecule has 0 atom stereocenters. The maximum Gasteiger partial charge on any atom is 0.402 e. The summed E-state index contributed by atoms with van der Waals surface area (Å²) in [6.45, 7) is -1.88. The van der Waals surface area contributed by atoms with Crippen molar-refractivity contribution in [3.63, 3.8) is 0 Å². The van der Waals surface area contributed by atoms with Crippen LogP contribution in [-0.2, 0) is 16.8 Å². The zero-order chi connectivity index (χ0) is 14.7. The van der Waals surface area contributed by atoms with Crippen LogP contribution in [0.5, 0.6) is 0 Å². The SMILES string of the molecule is NCc1cc(F)ccc1NS(=O)(=O)NCC(F)(F)F. The lowest BCUT2D eigenvalue weighted by Gasteiger charge is -2.13. The third-order valence-electron chi connectivity index (χ3n) is 1.99. The third-order valence-corrected chi connectivity index (χ3v) is 3.01. The molecule has 0 radical (unpaired) electrons. The van der Waals surface area contributed by atoms with Gasteiger partial charge in [0, 0.05) is 6.54 Å². The van der Waals surface area contributed by atoms with Crippen molar-refractivity contribution in [1.82, 2.24) is 4.72 Å². The highest BCUT2D eigenvalue weighted by atomic mass is 32.2. The Morgan fingerprint density at radius 2 is 1.89 bits per heavy atom. The molecule has 0 aliphatic heterocycles. The van der Waals surface area contributed by atoms with Gasteiger partial charge < -0.3 is 5.73 Å². The fourth-order valence-electron chi connectivity index (χ4n) is 1.19. The van der Waals surface area contributed by atoms with Crippen LogP contribution in [0.4, 0.5) is 23.2 Å². The molecule has 0 heterocycles. The second-order valence-corrected chi connectivity index (χ2v) is 5.05. The van der Waals surface area contributed by atoms with Gasteiger partial charge in [0.25, 0.3) is 10.2 Å². The van der Waals surface area contributed by atoms with Gasteiger partial charge in [0.2, 0.25) is 0 Å². The first-order valence-corrected chi connectivity index (χ1v) is 6.44. The number of nitrogens with two attached hydrogens (primary N) is 1. The van der Waals surface area contributed by atoms with Crippen LogP contribution in [0.1, 0.15) is 5.56 Å². The van der Waals surface area contributed by atoms with Crippen molar-refractivity contribution in [3.05, 3.63) is 29.6 Å². The second-order valence-electron chi connectivity index (χ2n) is 3.55. The minimum atomic E-state index is -4.67. The van der Waals surface area contributed by atoms with Crippen molar-refractivity contribution in [1.29, 1.82) is 0 Å². The molecular weight excluding hydrogens is 290 g/mol. The number of benzene rings is 1. The van der Waals surface area contributed by atoms with Crippen LogP contribution >= 0.6 is 0 Å². The van der Waals surface area contributed by atoms with Crippen molar-refractivity contribution in [2.75, 3.05) is 11.3 Å². The summed E-state index contributed by atoms with van der Waals surface area (Å²) in [4.78, 5) is 0. The molecule has 0 unspecified atom stereocenters. The number of hydrogen-bond acceptors (Lipinski definition) is 3. The zero-order valence-electron chi connectivity index (χ0n) is 9.46. The lowest BCUT2D eigenvalue weighted by molar-refractivity contribution is -0.121. The quantitative estimate of drug-likeness (QED) is 0.712. The largest absolute Gasteiger partial charge is 0.402 e. The van der Waals surface area contributed by atoms with E-state index in [-0.39, 0.29) is 17.8 Å². The molecule has 0 aliphatic rings. The van der Waals surface area contributed by atoms with Gasteiger partial charge in [-0.15, -0.1) is 0 Å². The van der Waals surface area contributed by atoms with E-state index < -0.39 is 28.7 Å². The van der Waals surface area contributed by atoms with Crippen LogP contribution in [0.3, 0.4) is 0 Å². The fraction of sp³-hybridized carbons (Fsp3) is 0.333. The first-order chi connectivity index (χ1) is 8.63. The van der Waals surface area contributed by atoms with E-state index in [1.54, 1.807) is 0 Å². The van der Waals surface area contributed by atoms with Gasteiger partial charge >= 0.3 is 6.18 Å². The average Bonchev–Trinajstić information content (AvgIpc) is 2.28. The van der Waals surface area contributed by atoms with Gasteiger partial charge in [-0.05, 0) is 23.8 Å². The molecule has 1 aromatic rings. The Labute approximate surface area is 107 Å². The predicted octanol–water partition coefficient (Wildman–Crippen LogP) is 1.09. The Morgan fingerprint density at radius 3 is 2.42 bits per heavy atom. The minimum absolute atomic E-state index is 0.0847. The van der Waals surface area contributed by atoms with Crippen molar-refractivity contribution >= 4 is 15.9 Å². The third kappa shape index (κ3) is 5.41. The van der Waals surface area contributed by atoms with Crippen LogP contribution in [0, 0.1) is 5.82 Å². The van der Waals surface area contributed by atoms with Gasteiger partial charge in [-0.2, -0.15) is 26.3 Å². The smallest absolute Gasteiger partial charge is 0.326 e. The molecule has 0 spiro atoms. The number of rotatable bonds is 5. The van der Waals surface area contributed by atoms with Crippen LogP contribution < -0.4 is 15.2 Å². The first-order valence-electron chi connectivity index (χ1n) is 4.95. The van der Waals surface area contributed by atoms with Crippen LogP contribution in [0.2, 0.25) is 0 Å². The fourth-order valence-corrected chi connectivity index (χ4v) is 2.10. The van der Waals surface area contributed by atoms with E-state index >= 15 is 0 Å². The molecule has 0 amide bonds. The molecule has 19 heavy (non-hydrogen) atoms. The van der Waals surface area contributed by atoms with Crippen LogP contribution in [0.25, 0.3) is 0 Å². The topological polar surface area (TPSA) is 84.2 Å². The Bertz CT molecular complexity index is 545. The highest BCUT2D eigenvalue weighted by Gasteiger charge is 2.29. The highest BCUT2D eigenvalue weighted by molar-refractivity contribution is 7.90. The van der Waals surface area contributed by atoms with E-state index in [2.05, 4.69) is 0 Å². The molecular formula is C9H11F4N3O2S. The Hall–Kier alpha value is -1.39. The summed E-state index contributed by atoms with van der Waals surface area (Å²) in [7, 11) is -4.41. The molecule has 0 fully saturated rings. The molecule has 1 aromatic carbocycles. The molecule has 5 nitrogen and oxygen atoms in total. The summed E-state index contributed by atoms with van der Waals surface area (Å²) >= 11 is 0. The van der Waals surface area contributed by atoms with E-state index in [0.717, 1.165) is 18.2 Å². The van der Waals surface area contributed by atoms with E-state index in [1.165, 1.54) is 4.72 Å². The summed E-state index contributed by atoms with van der Waals surface area (Å²) in [5.41, 5.74) is 5.32. The maximum atomic E-state index is 12.9. The normalized spacial score (nSPS) is 12.5. The lowest BCUT2D eigenvalue weighted by Crippen LogP contribution is -2.37. The summed E-state index contributed by atoms with van der Waals surface area (Å²) in [6.07, 6.45) is -4.67. The van der Waals surface area contributed by atoms with Crippen molar-refractivity contribution in [3.8, 4) is 0 Å². The van der Waals surface area contributed by atoms with Crippen molar-refractivity contribution < 1.29 is 26.0 Å². The molecule has 10 heteroatoms. The standard InChI is InChI=1S/C9H11F4N3O2S/c10-7-1-2-8(6(3-7)4-14)16-19(17,18)15-5-9(11,12)13/h1-3,15-16H,4-5,14H2. The highest BCUT2D eigenvalue weighted by Crippen LogP contribution is 2.18. The monoisotopic (exact) mass is 301 g/mol. The number of anilines is 1. The van der Waals surface area contributed by atoms with Gasteiger partial charge in [-0.25, -0.2) is 4.39 Å². The number of hydrogen-bond donors (Lipinski definition) is 3. The van der Waals surface area contributed by atoms with E-state index in [9.17, 15) is 26.0 Å². The summed E-state index contributed by atoms with van der Waals surface area (Å²) < 4.78 is 74.4. The minimum Gasteiger partial charge on any atom is -0.326 e. The van der Waals surface area contributed by atoms with E-state index in [0.29, 0.717) is 0 Å². The average molecular weight is 301 g/mol. The van der Waals surface area contributed by atoms with Crippen LogP contribution in [0.15, 0.2) is 18.2 Å². The Balaban J connectivity index is 2.84. The zero-order valence-corrected chi connectivity index (χ0v) is 10.3. The van der Waals surface area contributed by atoms with Gasteiger partial charge in [0.1, 0.15) is 12.4 Å². The second kappa shape index (κ2) is 5.72. The molecule has 0 aromatic heterocycles. The van der Waals surface area contributed by atoms with Gasteiger partial charge in [-0.1, -0.05) is 0 Å². The van der Waals surface area contributed by atoms with Gasteiger partial charge in [0.05, 0.1) is 5.69 Å². The summed E-state index contributed by atoms with van der Waals surface area (Å²) in [6, 6.07) is 3.02.